The first-order chi connectivity index (χ1) is 9.36. The largest absolute Gasteiger partial charge is 0.459 e. The summed E-state index contributed by atoms with van der Waals surface area (Å²) in [4.78, 5) is 4.31. The van der Waals surface area contributed by atoms with Gasteiger partial charge in [0.25, 0.3) is 0 Å². The van der Waals surface area contributed by atoms with Crippen molar-refractivity contribution in [2.45, 2.75) is 12.5 Å². The van der Waals surface area contributed by atoms with E-state index in [1.807, 2.05) is 48.5 Å². The van der Waals surface area contributed by atoms with Crippen LogP contribution in [0.2, 0.25) is 0 Å². The highest BCUT2D eigenvalue weighted by atomic mass is 16.3. The fraction of sp³-hybridized carbons (Fsp3) is 0.133. The van der Waals surface area contributed by atoms with E-state index in [1.54, 1.807) is 6.20 Å². The molecule has 1 atom stereocenters. The molecule has 3 aromatic rings. The van der Waals surface area contributed by atoms with Gasteiger partial charge in [0.15, 0.2) is 0 Å². The van der Waals surface area contributed by atoms with E-state index in [0.717, 1.165) is 22.4 Å². The summed E-state index contributed by atoms with van der Waals surface area (Å²) in [5.41, 5.74) is 4.65. The second-order valence-corrected chi connectivity index (χ2v) is 4.43. The number of nitrogens with one attached hydrogen (secondary N) is 1. The summed E-state index contributed by atoms with van der Waals surface area (Å²) in [6, 6.07) is 15.7. The summed E-state index contributed by atoms with van der Waals surface area (Å²) in [6.07, 6.45) is 2.47. The van der Waals surface area contributed by atoms with E-state index in [-0.39, 0.29) is 6.04 Å². The molecule has 3 N–H and O–H groups in total. The van der Waals surface area contributed by atoms with Gasteiger partial charge in [-0.25, -0.2) is 5.43 Å². The molecule has 0 aliphatic heterocycles. The van der Waals surface area contributed by atoms with Crippen molar-refractivity contribution in [3.63, 3.8) is 0 Å². The molecule has 2 aromatic heterocycles. The number of nitrogens with zero attached hydrogens (tertiary/aromatic N) is 1. The van der Waals surface area contributed by atoms with E-state index in [2.05, 4.69) is 10.4 Å². The maximum Gasteiger partial charge on any atom is 0.134 e. The molecule has 0 saturated carbocycles. The van der Waals surface area contributed by atoms with Crippen molar-refractivity contribution in [2.24, 2.45) is 5.84 Å². The van der Waals surface area contributed by atoms with Crippen molar-refractivity contribution in [3.8, 4) is 0 Å². The van der Waals surface area contributed by atoms with E-state index in [0.29, 0.717) is 6.42 Å². The molecule has 0 bridgehead atoms. The van der Waals surface area contributed by atoms with Crippen LogP contribution in [0, 0.1) is 0 Å². The number of rotatable bonds is 4. The van der Waals surface area contributed by atoms with Crippen LogP contribution < -0.4 is 11.3 Å². The molecule has 0 amide bonds. The van der Waals surface area contributed by atoms with Crippen LogP contribution in [0.3, 0.4) is 0 Å². The molecule has 4 nitrogen and oxygen atoms in total. The third kappa shape index (κ3) is 2.50. The fourth-order valence-corrected chi connectivity index (χ4v) is 2.14. The van der Waals surface area contributed by atoms with E-state index in [4.69, 9.17) is 10.3 Å². The Kier molecular flexibility index (Phi) is 3.27. The predicted octanol–water partition coefficient (Wildman–Crippen LogP) is 2.57. The van der Waals surface area contributed by atoms with E-state index in [1.165, 1.54) is 0 Å². The van der Waals surface area contributed by atoms with Crippen molar-refractivity contribution in [1.29, 1.82) is 0 Å². The van der Waals surface area contributed by atoms with Crippen LogP contribution in [0.4, 0.5) is 0 Å². The summed E-state index contributed by atoms with van der Waals surface area (Å²) in [6.45, 7) is 0. The monoisotopic (exact) mass is 253 g/mol. The first-order valence-corrected chi connectivity index (χ1v) is 6.21. The van der Waals surface area contributed by atoms with Gasteiger partial charge in [-0.2, -0.15) is 0 Å². The van der Waals surface area contributed by atoms with Gasteiger partial charge in [0.05, 0.1) is 6.04 Å². The molecule has 3 rings (SSSR count). The lowest BCUT2D eigenvalue weighted by Crippen LogP contribution is -2.29. The quantitative estimate of drug-likeness (QED) is 0.554. The maximum atomic E-state index is 5.82. The first kappa shape index (κ1) is 11.9. The van der Waals surface area contributed by atoms with Crippen molar-refractivity contribution >= 4 is 11.0 Å². The zero-order valence-corrected chi connectivity index (χ0v) is 10.4. The smallest absolute Gasteiger partial charge is 0.134 e. The minimum absolute atomic E-state index is 0.0812. The number of aromatic nitrogens is 1. The lowest BCUT2D eigenvalue weighted by molar-refractivity contribution is 0.432. The lowest BCUT2D eigenvalue weighted by atomic mass is 10.1. The van der Waals surface area contributed by atoms with Gasteiger partial charge in [-0.3, -0.25) is 10.8 Å². The van der Waals surface area contributed by atoms with Gasteiger partial charge in [0.2, 0.25) is 0 Å². The molecule has 0 fully saturated rings. The average Bonchev–Trinajstić information content (AvgIpc) is 2.89. The average molecular weight is 253 g/mol. The summed E-state index contributed by atoms with van der Waals surface area (Å²) in [7, 11) is 0. The second-order valence-electron chi connectivity index (χ2n) is 4.43. The Labute approximate surface area is 111 Å². The zero-order valence-electron chi connectivity index (χ0n) is 10.4. The van der Waals surface area contributed by atoms with E-state index < -0.39 is 0 Å². The summed E-state index contributed by atoms with van der Waals surface area (Å²) in [5, 5.41) is 1.08. The van der Waals surface area contributed by atoms with Gasteiger partial charge < -0.3 is 4.42 Å². The second kappa shape index (κ2) is 5.22. The summed E-state index contributed by atoms with van der Waals surface area (Å²) >= 11 is 0. The molecule has 0 spiro atoms. The minimum Gasteiger partial charge on any atom is -0.459 e. The fourth-order valence-electron chi connectivity index (χ4n) is 2.14. The van der Waals surface area contributed by atoms with Gasteiger partial charge in [-0.15, -0.1) is 0 Å². The molecule has 0 aliphatic carbocycles. The summed E-state index contributed by atoms with van der Waals surface area (Å²) < 4.78 is 5.82. The van der Waals surface area contributed by atoms with Crippen LogP contribution in [0.5, 0.6) is 0 Å². The van der Waals surface area contributed by atoms with Gasteiger partial charge in [0.1, 0.15) is 11.3 Å². The van der Waals surface area contributed by atoms with Crippen LogP contribution >= 0.6 is 0 Å². The number of nitrogens with two attached hydrogens (primary N) is 1. The Hall–Kier alpha value is -2.17. The zero-order chi connectivity index (χ0) is 13.1. The molecule has 19 heavy (non-hydrogen) atoms. The summed E-state index contributed by atoms with van der Waals surface area (Å²) in [5.74, 6) is 6.46. The topological polar surface area (TPSA) is 64.1 Å². The van der Waals surface area contributed by atoms with Crippen molar-refractivity contribution in [2.75, 3.05) is 0 Å². The molecule has 96 valence electrons. The molecule has 0 saturated heterocycles. The third-order valence-corrected chi connectivity index (χ3v) is 3.13. The Bertz CT molecular complexity index is 630. The molecule has 1 unspecified atom stereocenters. The van der Waals surface area contributed by atoms with Gasteiger partial charge in [0, 0.05) is 23.7 Å². The molecule has 0 radical (unpaired) electrons. The van der Waals surface area contributed by atoms with Crippen LogP contribution in [0.1, 0.15) is 17.5 Å². The molecule has 0 aliphatic rings. The molecular formula is C15H15N3O. The highest BCUT2D eigenvalue weighted by Crippen LogP contribution is 2.25. The Morgan fingerprint density at radius 2 is 2.00 bits per heavy atom. The van der Waals surface area contributed by atoms with Crippen molar-refractivity contribution in [1.82, 2.24) is 10.4 Å². The highest BCUT2D eigenvalue weighted by molar-refractivity contribution is 5.77. The van der Waals surface area contributed by atoms with E-state index in [9.17, 15) is 0 Å². The Balaban J connectivity index is 1.89. The minimum atomic E-state index is -0.0812. The van der Waals surface area contributed by atoms with Crippen LogP contribution in [0.25, 0.3) is 11.0 Å². The van der Waals surface area contributed by atoms with Crippen LogP contribution in [-0.2, 0) is 6.42 Å². The van der Waals surface area contributed by atoms with Crippen LogP contribution in [0.15, 0.2) is 59.1 Å². The van der Waals surface area contributed by atoms with Gasteiger partial charge in [-0.05, 0) is 24.3 Å². The molecular weight excluding hydrogens is 238 g/mol. The number of furan rings is 1. The molecule has 1 aromatic carbocycles. The Morgan fingerprint density at radius 1 is 1.16 bits per heavy atom. The number of hydrogen-bond donors (Lipinski definition) is 2. The number of pyridine rings is 1. The highest BCUT2D eigenvalue weighted by Gasteiger charge is 2.15. The van der Waals surface area contributed by atoms with E-state index >= 15 is 0 Å². The lowest BCUT2D eigenvalue weighted by Gasteiger charge is -2.12. The van der Waals surface area contributed by atoms with Gasteiger partial charge >= 0.3 is 0 Å². The number of fused-ring (bicyclic) bond motifs is 1. The molecule has 2 heterocycles. The van der Waals surface area contributed by atoms with Crippen molar-refractivity contribution in [3.05, 3.63) is 66.2 Å². The predicted molar refractivity (Wildman–Crippen MR) is 74.2 cm³/mol. The SMILES string of the molecule is NNC(Cc1ccccn1)c1cc2ccccc2o1. The normalized spacial score (nSPS) is 12.7. The maximum absolute atomic E-state index is 5.82. The van der Waals surface area contributed by atoms with Crippen LogP contribution in [-0.4, -0.2) is 4.98 Å². The van der Waals surface area contributed by atoms with Crippen molar-refractivity contribution < 1.29 is 4.42 Å². The number of benzene rings is 1. The standard InChI is InChI=1S/C15H15N3O/c16-18-13(10-12-6-3-4-8-17-12)15-9-11-5-1-2-7-14(11)19-15/h1-9,13,18H,10,16H2. The Morgan fingerprint density at radius 3 is 2.74 bits per heavy atom. The molecule has 4 heteroatoms. The van der Waals surface area contributed by atoms with Gasteiger partial charge in [-0.1, -0.05) is 24.3 Å². The first-order valence-electron chi connectivity index (χ1n) is 6.21. The number of hydrazine groups is 1. The third-order valence-electron chi connectivity index (χ3n) is 3.13. The number of hydrogen-bond acceptors (Lipinski definition) is 4. The number of para-hydroxylation sites is 1.